The molecule has 0 bridgehead atoms. The number of terminal acetylenes is 1. The molecule has 0 saturated carbocycles. The van der Waals surface area contributed by atoms with Crippen LogP contribution in [0.5, 0.6) is 0 Å². The molecule has 0 aliphatic carbocycles. The smallest absolute Gasteiger partial charge is 0.190 e. The van der Waals surface area contributed by atoms with Gasteiger partial charge in [0.15, 0.2) is 5.82 Å². The quantitative estimate of drug-likeness (QED) is 0.405. The number of aromatic nitrogens is 4. The van der Waals surface area contributed by atoms with Gasteiger partial charge in [0.2, 0.25) is 0 Å². The molecule has 152 valence electrons. The Labute approximate surface area is 185 Å². The van der Waals surface area contributed by atoms with Crippen molar-refractivity contribution in [3.05, 3.63) is 78.4 Å². The van der Waals surface area contributed by atoms with Crippen LogP contribution in [0.3, 0.4) is 0 Å². The lowest BCUT2D eigenvalue weighted by molar-refractivity contribution is 1.06. The van der Waals surface area contributed by atoms with Gasteiger partial charge in [0.05, 0.1) is 28.9 Å². The molecule has 0 radical (unpaired) electrons. The molecular weight excluding hydrogens is 396 g/mol. The molecule has 0 spiro atoms. The molecule has 5 rings (SSSR count). The van der Waals surface area contributed by atoms with Gasteiger partial charge in [0.1, 0.15) is 11.3 Å². The predicted octanol–water partition coefficient (Wildman–Crippen LogP) is 4.55. The van der Waals surface area contributed by atoms with E-state index in [1.807, 2.05) is 47.8 Å². The van der Waals surface area contributed by atoms with Crippen molar-refractivity contribution in [1.29, 1.82) is 5.26 Å². The maximum Gasteiger partial charge on any atom is 0.190 e. The normalized spacial score (nSPS) is 10.8. The number of hydrogen-bond donors (Lipinski definition) is 0. The molecule has 32 heavy (non-hydrogen) atoms. The average Bonchev–Trinajstić information content (AvgIpc) is 3.23. The molecule has 0 atom stereocenters. The second kappa shape index (κ2) is 7.54. The van der Waals surface area contributed by atoms with Crippen molar-refractivity contribution in [3.8, 4) is 35.2 Å². The Bertz CT molecular complexity index is 1560. The van der Waals surface area contributed by atoms with Crippen LogP contribution in [0, 0.1) is 23.7 Å². The maximum absolute atomic E-state index is 9.15. The highest BCUT2D eigenvalue weighted by Crippen LogP contribution is 2.33. The second-order valence-corrected chi connectivity index (χ2v) is 7.57. The number of benzene rings is 2. The largest absolute Gasteiger partial charge is 0.362 e. The summed E-state index contributed by atoms with van der Waals surface area (Å²) in [4.78, 5) is 15.8. The average molecular weight is 414 g/mol. The molecule has 3 aromatic heterocycles. The van der Waals surface area contributed by atoms with Gasteiger partial charge in [-0.25, -0.2) is 9.97 Å². The second-order valence-electron chi connectivity index (χ2n) is 7.57. The van der Waals surface area contributed by atoms with E-state index >= 15 is 0 Å². The van der Waals surface area contributed by atoms with Gasteiger partial charge in [-0.3, -0.25) is 9.55 Å². The number of fused-ring (bicyclic) bond motifs is 3. The van der Waals surface area contributed by atoms with Crippen molar-refractivity contribution < 1.29 is 0 Å². The number of nitrogens with zero attached hydrogens (tertiary/aromatic N) is 6. The van der Waals surface area contributed by atoms with Crippen LogP contribution in [0.15, 0.2) is 67.0 Å². The fourth-order valence-corrected chi connectivity index (χ4v) is 3.93. The first-order valence-electron chi connectivity index (χ1n) is 10.0. The van der Waals surface area contributed by atoms with Gasteiger partial charge < -0.3 is 4.90 Å². The Morgan fingerprint density at radius 3 is 2.53 bits per heavy atom. The van der Waals surface area contributed by atoms with Crippen LogP contribution in [-0.2, 0) is 0 Å². The first-order valence-corrected chi connectivity index (χ1v) is 10.0. The summed E-state index contributed by atoms with van der Waals surface area (Å²) in [7, 11) is 3.96. The first-order chi connectivity index (χ1) is 15.6. The standard InChI is InChI=1S/C26H18N6/c1-4-24-30-23-16-29-22-12-9-18(20-6-5-13-28-26(20)31(2)3)14-21(22)25(23)32(24)19-10-7-17(15-27)8-11-19/h1,5-14,16H,2-3H3. The van der Waals surface area contributed by atoms with Gasteiger partial charge >= 0.3 is 0 Å². The van der Waals surface area contributed by atoms with E-state index in [0.29, 0.717) is 16.9 Å². The Kier molecular flexibility index (Phi) is 4.54. The summed E-state index contributed by atoms with van der Waals surface area (Å²) in [5, 5.41) is 10.1. The molecule has 0 saturated heterocycles. The van der Waals surface area contributed by atoms with E-state index in [2.05, 4.69) is 45.1 Å². The molecule has 0 aliphatic heterocycles. The molecule has 0 fully saturated rings. The Morgan fingerprint density at radius 1 is 1.00 bits per heavy atom. The van der Waals surface area contributed by atoms with Crippen molar-refractivity contribution in [2.75, 3.05) is 19.0 Å². The van der Waals surface area contributed by atoms with E-state index < -0.39 is 0 Å². The summed E-state index contributed by atoms with van der Waals surface area (Å²) in [6.07, 6.45) is 9.34. The predicted molar refractivity (Wildman–Crippen MR) is 127 cm³/mol. The topological polar surface area (TPSA) is 70.6 Å². The molecule has 6 heteroatoms. The van der Waals surface area contributed by atoms with E-state index in [1.54, 1.807) is 24.5 Å². The van der Waals surface area contributed by atoms with Crippen molar-refractivity contribution in [3.63, 3.8) is 0 Å². The van der Waals surface area contributed by atoms with Crippen LogP contribution in [0.4, 0.5) is 5.82 Å². The van der Waals surface area contributed by atoms with Gasteiger partial charge in [-0.05, 0) is 60.0 Å². The van der Waals surface area contributed by atoms with Crippen molar-refractivity contribution >= 4 is 27.8 Å². The third-order valence-corrected chi connectivity index (χ3v) is 5.39. The highest BCUT2D eigenvalue weighted by Gasteiger charge is 2.16. The minimum atomic E-state index is 0.486. The molecule has 0 N–H and O–H groups in total. The lowest BCUT2D eigenvalue weighted by Gasteiger charge is -2.16. The van der Waals surface area contributed by atoms with E-state index in [0.717, 1.165) is 39.1 Å². The van der Waals surface area contributed by atoms with Gasteiger partial charge in [-0.1, -0.05) is 6.07 Å². The summed E-state index contributed by atoms with van der Waals surface area (Å²) in [5.41, 5.74) is 5.91. The zero-order chi connectivity index (χ0) is 22.2. The zero-order valence-corrected chi connectivity index (χ0v) is 17.6. The summed E-state index contributed by atoms with van der Waals surface area (Å²) in [6, 6.07) is 19.6. The van der Waals surface area contributed by atoms with Crippen LogP contribution in [-0.4, -0.2) is 33.6 Å². The van der Waals surface area contributed by atoms with Gasteiger partial charge in [0.25, 0.3) is 0 Å². The number of anilines is 1. The maximum atomic E-state index is 9.15. The molecule has 3 heterocycles. The number of pyridine rings is 2. The van der Waals surface area contributed by atoms with Crippen molar-refractivity contribution in [2.45, 2.75) is 0 Å². The van der Waals surface area contributed by atoms with Crippen molar-refractivity contribution in [2.24, 2.45) is 0 Å². The van der Waals surface area contributed by atoms with E-state index in [-0.39, 0.29) is 0 Å². The van der Waals surface area contributed by atoms with Crippen LogP contribution in [0.1, 0.15) is 11.4 Å². The number of imidazole rings is 1. The first kappa shape index (κ1) is 19.3. The summed E-state index contributed by atoms with van der Waals surface area (Å²) < 4.78 is 1.94. The fourth-order valence-electron chi connectivity index (χ4n) is 3.93. The number of nitriles is 1. The third-order valence-electron chi connectivity index (χ3n) is 5.39. The molecule has 0 unspecified atom stereocenters. The monoisotopic (exact) mass is 414 g/mol. The van der Waals surface area contributed by atoms with E-state index in [1.165, 1.54) is 0 Å². The summed E-state index contributed by atoms with van der Waals surface area (Å²) in [6.45, 7) is 0. The zero-order valence-electron chi connectivity index (χ0n) is 17.6. The number of hydrogen-bond acceptors (Lipinski definition) is 5. The van der Waals surface area contributed by atoms with Crippen LogP contribution >= 0.6 is 0 Å². The van der Waals surface area contributed by atoms with Crippen molar-refractivity contribution in [1.82, 2.24) is 19.5 Å². The van der Waals surface area contributed by atoms with Crippen LogP contribution < -0.4 is 4.90 Å². The lowest BCUT2D eigenvalue weighted by atomic mass is 10.0. The molecular formula is C26H18N6. The minimum Gasteiger partial charge on any atom is -0.362 e. The molecule has 2 aromatic carbocycles. The third kappa shape index (κ3) is 3.03. The molecule has 0 amide bonds. The van der Waals surface area contributed by atoms with Crippen LogP contribution in [0.2, 0.25) is 0 Å². The number of rotatable bonds is 3. The fraction of sp³-hybridized carbons (Fsp3) is 0.0769. The Morgan fingerprint density at radius 2 is 1.81 bits per heavy atom. The van der Waals surface area contributed by atoms with E-state index in [9.17, 15) is 0 Å². The highest BCUT2D eigenvalue weighted by atomic mass is 15.1. The van der Waals surface area contributed by atoms with Gasteiger partial charge in [-0.15, -0.1) is 6.42 Å². The molecule has 5 aromatic rings. The lowest BCUT2D eigenvalue weighted by Crippen LogP contribution is -2.11. The van der Waals surface area contributed by atoms with Gasteiger partial charge in [-0.2, -0.15) is 5.26 Å². The molecule has 6 nitrogen and oxygen atoms in total. The Balaban J connectivity index is 1.83. The SMILES string of the molecule is C#Cc1nc2cnc3ccc(-c4cccnc4N(C)C)cc3c2n1-c1ccc(C#N)cc1. The Hall–Kier alpha value is -4.68. The van der Waals surface area contributed by atoms with E-state index in [4.69, 9.17) is 11.7 Å². The minimum absolute atomic E-state index is 0.486. The summed E-state index contributed by atoms with van der Waals surface area (Å²) in [5.74, 6) is 4.06. The van der Waals surface area contributed by atoms with Gasteiger partial charge in [0, 0.05) is 36.9 Å². The molecule has 0 aliphatic rings. The summed E-state index contributed by atoms with van der Waals surface area (Å²) >= 11 is 0. The highest BCUT2D eigenvalue weighted by molar-refractivity contribution is 6.05. The van der Waals surface area contributed by atoms with Crippen LogP contribution in [0.25, 0.3) is 38.8 Å².